The molecule has 0 amide bonds. The molecule has 0 aromatic rings. The molecule has 0 aromatic heterocycles. The lowest BCUT2D eigenvalue weighted by molar-refractivity contribution is 0.217. The number of nitrogens with zero attached hydrogens (tertiary/aromatic N) is 1. The lowest BCUT2D eigenvalue weighted by atomic mass is 9.91. The fourth-order valence-corrected chi connectivity index (χ4v) is 1.62. The van der Waals surface area contributed by atoms with E-state index in [0.717, 1.165) is 6.04 Å². The third-order valence-electron chi connectivity index (χ3n) is 2.47. The van der Waals surface area contributed by atoms with Crippen LogP contribution in [0.15, 0.2) is 0 Å². The molecule has 0 atom stereocenters. The SMILES string of the molecule is CN(C)C1CCC(N)CC1.O.O. The van der Waals surface area contributed by atoms with E-state index in [1.807, 2.05) is 0 Å². The highest BCUT2D eigenvalue weighted by molar-refractivity contribution is 4.78. The molecule has 1 fully saturated rings. The van der Waals surface area contributed by atoms with Gasteiger partial charge in [-0.05, 0) is 39.8 Å². The molecule has 0 heterocycles. The molecular weight excluding hydrogens is 156 g/mol. The average molecular weight is 178 g/mol. The topological polar surface area (TPSA) is 92.3 Å². The van der Waals surface area contributed by atoms with E-state index in [-0.39, 0.29) is 11.0 Å². The Morgan fingerprint density at radius 3 is 1.75 bits per heavy atom. The van der Waals surface area contributed by atoms with E-state index >= 15 is 0 Å². The third-order valence-corrected chi connectivity index (χ3v) is 2.47. The van der Waals surface area contributed by atoms with Crippen LogP contribution < -0.4 is 5.73 Å². The summed E-state index contributed by atoms with van der Waals surface area (Å²) in [5.74, 6) is 0. The van der Waals surface area contributed by atoms with Crippen LogP contribution in [0, 0.1) is 0 Å². The van der Waals surface area contributed by atoms with Crippen LogP contribution in [0.4, 0.5) is 0 Å². The molecule has 0 bridgehead atoms. The highest BCUT2D eigenvalue weighted by Crippen LogP contribution is 2.19. The lowest BCUT2D eigenvalue weighted by Crippen LogP contribution is -2.36. The Labute approximate surface area is 74.3 Å². The van der Waals surface area contributed by atoms with Gasteiger partial charge in [0.05, 0.1) is 0 Å². The van der Waals surface area contributed by atoms with E-state index in [2.05, 4.69) is 19.0 Å². The van der Waals surface area contributed by atoms with Gasteiger partial charge in [-0.1, -0.05) is 0 Å². The molecule has 76 valence electrons. The molecule has 0 radical (unpaired) electrons. The van der Waals surface area contributed by atoms with Crippen LogP contribution in [-0.4, -0.2) is 42.0 Å². The first-order valence-corrected chi connectivity index (χ1v) is 4.12. The monoisotopic (exact) mass is 178 g/mol. The minimum absolute atomic E-state index is 0. The molecule has 0 saturated heterocycles. The fraction of sp³-hybridized carbons (Fsp3) is 1.00. The number of hydrogen-bond donors (Lipinski definition) is 1. The van der Waals surface area contributed by atoms with Crippen molar-refractivity contribution in [3.8, 4) is 0 Å². The molecule has 12 heavy (non-hydrogen) atoms. The summed E-state index contributed by atoms with van der Waals surface area (Å²) in [5.41, 5.74) is 5.78. The largest absolute Gasteiger partial charge is 0.412 e. The standard InChI is InChI=1S/C8H18N2.2H2O/c1-10(2)8-5-3-7(9)4-6-8;;/h7-8H,3-6,9H2,1-2H3;2*1H2. The molecule has 4 heteroatoms. The quantitative estimate of drug-likeness (QED) is 0.567. The molecule has 1 aliphatic carbocycles. The molecule has 0 aromatic carbocycles. The average Bonchev–Trinajstić information content (AvgIpc) is 1.88. The van der Waals surface area contributed by atoms with Crippen molar-refractivity contribution in [2.45, 2.75) is 37.8 Å². The minimum atomic E-state index is 0. The second-order valence-electron chi connectivity index (χ2n) is 3.53. The van der Waals surface area contributed by atoms with Gasteiger partial charge in [-0.15, -0.1) is 0 Å². The molecule has 0 spiro atoms. The highest BCUT2D eigenvalue weighted by Gasteiger charge is 2.19. The van der Waals surface area contributed by atoms with Gasteiger partial charge in [-0.3, -0.25) is 0 Å². The zero-order valence-electron chi connectivity index (χ0n) is 8.01. The Hall–Kier alpha value is -0.160. The van der Waals surface area contributed by atoms with E-state index in [1.165, 1.54) is 25.7 Å². The minimum Gasteiger partial charge on any atom is -0.412 e. The molecule has 0 aliphatic heterocycles. The highest BCUT2D eigenvalue weighted by atomic mass is 16.0. The Morgan fingerprint density at radius 2 is 1.42 bits per heavy atom. The maximum atomic E-state index is 5.78. The number of nitrogens with two attached hydrogens (primary N) is 1. The van der Waals surface area contributed by atoms with Crippen molar-refractivity contribution < 1.29 is 11.0 Å². The van der Waals surface area contributed by atoms with Gasteiger partial charge in [-0.2, -0.15) is 0 Å². The van der Waals surface area contributed by atoms with Crippen molar-refractivity contribution in [3.63, 3.8) is 0 Å². The van der Waals surface area contributed by atoms with Gasteiger partial charge in [0, 0.05) is 12.1 Å². The Kier molecular flexibility index (Phi) is 7.62. The Balaban J connectivity index is 0. The molecule has 1 saturated carbocycles. The number of hydrogen-bond acceptors (Lipinski definition) is 2. The molecule has 1 rings (SSSR count). The van der Waals surface area contributed by atoms with E-state index in [9.17, 15) is 0 Å². The van der Waals surface area contributed by atoms with E-state index in [0.29, 0.717) is 6.04 Å². The van der Waals surface area contributed by atoms with Crippen LogP contribution in [-0.2, 0) is 0 Å². The molecular formula is C8H22N2O2. The van der Waals surface area contributed by atoms with Crippen LogP contribution in [0.3, 0.4) is 0 Å². The zero-order chi connectivity index (χ0) is 7.56. The van der Waals surface area contributed by atoms with Gasteiger partial charge in [0.2, 0.25) is 0 Å². The number of rotatable bonds is 1. The molecule has 1 aliphatic rings. The van der Waals surface area contributed by atoms with Crippen LogP contribution >= 0.6 is 0 Å². The maximum absolute atomic E-state index is 5.78. The van der Waals surface area contributed by atoms with E-state index in [1.54, 1.807) is 0 Å². The first-order valence-electron chi connectivity index (χ1n) is 4.12. The van der Waals surface area contributed by atoms with Gasteiger partial charge < -0.3 is 21.6 Å². The normalized spacial score (nSPS) is 29.0. The zero-order valence-corrected chi connectivity index (χ0v) is 8.01. The summed E-state index contributed by atoms with van der Waals surface area (Å²) in [4.78, 5) is 2.31. The first-order chi connectivity index (χ1) is 4.70. The summed E-state index contributed by atoms with van der Waals surface area (Å²) in [7, 11) is 4.31. The molecule has 0 unspecified atom stereocenters. The fourth-order valence-electron chi connectivity index (χ4n) is 1.62. The second-order valence-corrected chi connectivity index (χ2v) is 3.53. The Bertz CT molecular complexity index is 101. The summed E-state index contributed by atoms with van der Waals surface area (Å²) in [6.45, 7) is 0. The van der Waals surface area contributed by atoms with Gasteiger partial charge in [-0.25, -0.2) is 0 Å². The van der Waals surface area contributed by atoms with Crippen molar-refractivity contribution in [2.24, 2.45) is 5.73 Å². The Morgan fingerprint density at radius 1 is 1.00 bits per heavy atom. The smallest absolute Gasteiger partial charge is 0.00903 e. The van der Waals surface area contributed by atoms with Gasteiger partial charge in [0.15, 0.2) is 0 Å². The predicted octanol–water partition coefficient (Wildman–Crippen LogP) is -0.831. The van der Waals surface area contributed by atoms with Gasteiger partial charge in [0.25, 0.3) is 0 Å². The van der Waals surface area contributed by atoms with Crippen LogP contribution in [0.2, 0.25) is 0 Å². The second kappa shape index (κ2) is 6.37. The van der Waals surface area contributed by atoms with Crippen molar-refractivity contribution >= 4 is 0 Å². The molecule has 4 nitrogen and oxygen atoms in total. The summed E-state index contributed by atoms with van der Waals surface area (Å²) in [6, 6.07) is 1.27. The lowest BCUT2D eigenvalue weighted by Gasteiger charge is -2.30. The van der Waals surface area contributed by atoms with E-state index < -0.39 is 0 Å². The summed E-state index contributed by atoms with van der Waals surface area (Å²) in [6.07, 6.45) is 4.99. The third kappa shape index (κ3) is 4.01. The summed E-state index contributed by atoms with van der Waals surface area (Å²) >= 11 is 0. The van der Waals surface area contributed by atoms with Crippen molar-refractivity contribution in [3.05, 3.63) is 0 Å². The molecule has 6 N–H and O–H groups in total. The predicted molar refractivity (Wildman–Crippen MR) is 51.1 cm³/mol. The van der Waals surface area contributed by atoms with Gasteiger partial charge in [0.1, 0.15) is 0 Å². The van der Waals surface area contributed by atoms with Gasteiger partial charge >= 0.3 is 0 Å². The van der Waals surface area contributed by atoms with E-state index in [4.69, 9.17) is 5.73 Å². The van der Waals surface area contributed by atoms with Crippen molar-refractivity contribution in [1.82, 2.24) is 4.90 Å². The van der Waals surface area contributed by atoms with Crippen molar-refractivity contribution in [1.29, 1.82) is 0 Å². The summed E-state index contributed by atoms with van der Waals surface area (Å²) < 4.78 is 0. The van der Waals surface area contributed by atoms with Crippen LogP contribution in [0.5, 0.6) is 0 Å². The maximum Gasteiger partial charge on any atom is 0.00903 e. The first kappa shape index (κ1) is 14.4. The van der Waals surface area contributed by atoms with Crippen LogP contribution in [0.1, 0.15) is 25.7 Å². The van der Waals surface area contributed by atoms with Crippen LogP contribution in [0.25, 0.3) is 0 Å². The summed E-state index contributed by atoms with van der Waals surface area (Å²) in [5, 5.41) is 0. The van der Waals surface area contributed by atoms with Crippen molar-refractivity contribution in [2.75, 3.05) is 14.1 Å².